The number of hydrogen-bond donors (Lipinski definition) is 0. The van der Waals surface area contributed by atoms with E-state index in [1.54, 1.807) is 40.3 Å². The molecule has 0 radical (unpaired) electrons. The first-order chi connectivity index (χ1) is 14.0. The summed E-state index contributed by atoms with van der Waals surface area (Å²) in [5.41, 5.74) is 1.12. The van der Waals surface area contributed by atoms with Crippen LogP contribution in [-0.4, -0.2) is 52.0 Å². The molecule has 2 amide bonds. The molecular weight excluding hydrogens is 392 g/mol. The second kappa shape index (κ2) is 7.72. The molecule has 7 nitrogen and oxygen atoms in total. The molecule has 0 unspecified atom stereocenters. The van der Waals surface area contributed by atoms with Crippen molar-refractivity contribution in [3.05, 3.63) is 64.4 Å². The van der Waals surface area contributed by atoms with Crippen LogP contribution in [-0.2, 0) is 11.3 Å². The van der Waals surface area contributed by atoms with Crippen molar-refractivity contribution in [2.45, 2.75) is 25.0 Å². The zero-order valence-electron chi connectivity index (χ0n) is 15.7. The van der Waals surface area contributed by atoms with Crippen LogP contribution in [0.2, 0.25) is 5.15 Å². The third kappa shape index (κ3) is 3.76. The highest BCUT2D eigenvalue weighted by molar-refractivity contribution is 6.32. The predicted molar refractivity (Wildman–Crippen MR) is 105 cm³/mol. The van der Waals surface area contributed by atoms with Gasteiger partial charge in [-0.1, -0.05) is 29.8 Å². The first kappa shape index (κ1) is 19.2. The summed E-state index contributed by atoms with van der Waals surface area (Å²) in [6, 6.07) is 12.7. The monoisotopic (exact) mass is 410 g/mol. The number of piperidine rings is 1. The van der Waals surface area contributed by atoms with Crippen LogP contribution in [0.3, 0.4) is 0 Å². The number of hydrogen-bond acceptors (Lipinski definition) is 5. The number of amides is 2. The van der Waals surface area contributed by atoms with E-state index in [9.17, 15) is 14.9 Å². The normalized spacial score (nSPS) is 17.9. The van der Waals surface area contributed by atoms with E-state index in [1.165, 1.54) is 0 Å². The van der Waals surface area contributed by atoms with Crippen LogP contribution in [0.25, 0.3) is 0 Å². The highest BCUT2D eigenvalue weighted by atomic mass is 35.5. The number of carbonyl (C=O) groups is 2. The third-order valence-corrected chi connectivity index (χ3v) is 5.79. The topological polar surface area (TPSA) is 86.5 Å². The highest BCUT2D eigenvalue weighted by Crippen LogP contribution is 2.34. The number of nitriles is 1. The number of rotatable bonds is 3. The molecule has 2 saturated heterocycles. The number of nitrogens with zero attached hydrogens (tertiary/aromatic N) is 4. The van der Waals surface area contributed by atoms with Crippen molar-refractivity contribution in [3.63, 3.8) is 0 Å². The van der Waals surface area contributed by atoms with Crippen LogP contribution >= 0.6 is 11.6 Å². The molecule has 0 aliphatic carbocycles. The van der Waals surface area contributed by atoms with Crippen molar-refractivity contribution < 1.29 is 14.3 Å². The molecule has 4 rings (SSSR count). The van der Waals surface area contributed by atoms with Gasteiger partial charge in [0.1, 0.15) is 10.8 Å². The van der Waals surface area contributed by atoms with Crippen molar-refractivity contribution in [1.29, 1.82) is 5.26 Å². The second-order valence-corrected chi connectivity index (χ2v) is 7.67. The molecule has 0 atom stereocenters. The van der Waals surface area contributed by atoms with E-state index in [4.69, 9.17) is 16.3 Å². The minimum Gasteiger partial charge on any atom is -0.441 e. The van der Waals surface area contributed by atoms with E-state index in [-0.39, 0.29) is 17.2 Å². The largest absolute Gasteiger partial charge is 0.441 e. The molecule has 1 aromatic carbocycles. The van der Waals surface area contributed by atoms with Gasteiger partial charge in [0.05, 0.1) is 30.3 Å². The van der Waals surface area contributed by atoms with Gasteiger partial charge in [-0.05, 0) is 23.8 Å². The van der Waals surface area contributed by atoms with E-state index in [0.717, 1.165) is 5.56 Å². The maximum atomic E-state index is 12.7. The average molecular weight is 411 g/mol. The van der Waals surface area contributed by atoms with Gasteiger partial charge in [-0.3, -0.25) is 9.69 Å². The van der Waals surface area contributed by atoms with Crippen LogP contribution in [0, 0.1) is 11.3 Å². The summed E-state index contributed by atoms with van der Waals surface area (Å²) in [6.07, 6.45) is 2.27. The summed E-state index contributed by atoms with van der Waals surface area (Å²) in [7, 11) is 0. The summed E-state index contributed by atoms with van der Waals surface area (Å²) in [4.78, 5) is 32.5. The lowest BCUT2D eigenvalue weighted by Crippen LogP contribution is -2.48. The van der Waals surface area contributed by atoms with Gasteiger partial charge in [0.25, 0.3) is 5.91 Å². The number of carbonyl (C=O) groups excluding carboxylic acids is 2. The molecule has 2 fully saturated rings. The Labute approximate surface area is 173 Å². The van der Waals surface area contributed by atoms with Gasteiger partial charge in [0.15, 0.2) is 0 Å². The van der Waals surface area contributed by atoms with Gasteiger partial charge in [-0.15, -0.1) is 0 Å². The predicted octanol–water partition coefficient (Wildman–Crippen LogP) is 3.23. The van der Waals surface area contributed by atoms with Crippen molar-refractivity contribution >= 4 is 23.6 Å². The Bertz CT molecular complexity index is 995. The molecule has 29 heavy (non-hydrogen) atoms. The Morgan fingerprint density at radius 3 is 2.72 bits per heavy atom. The maximum absolute atomic E-state index is 12.7. The second-order valence-electron chi connectivity index (χ2n) is 7.31. The molecule has 1 spiro atoms. The Morgan fingerprint density at radius 2 is 2.00 bits per heavy atom. The number of benzene rings is 1. The fraction of sp³-hybridized carbons (Fsp3) is 0.333. The van der Waals surface area contributed by atoms with Gasteiger partial charge in [0.2, 0.25) is 0 Å². The Kier molecular flexibility index (Phi) is 5.12. The molecule has 0 saturated carbocycles. The summed E-state index contributed by atoms with van der Waals surface area (Å²) >= 11 is 6.04. The summed E-state index contributed by atoms with van der Waals surface area (Å²) in [5.74, 6) is -0.165. The molecule has 3 heterocycles. The van der Waals surface area contributed by atoms with Crippen molar-refractivity contribution in [3.8, 4) is 6.07 Å². The quantitative estimate of drug-likeness (QED) is 0.725. The van der Waals surface area contributed by atoms with Crippen LogP contribution in [0.4, 0.5) is 4.79 Å². The Hall–Kier alpha value is -3.11. The average Bonchev–Trinajstić information content (AvgIpc) is 3.03. The molecule has 1 aromatic heterocycles. The van der Waals surface area contributed by atoms with Gasteiger partial charge in [0, 0.05) is 32.1 Å². The minimum atomic E-state index is -0.603. The van der Waals surface area contributed by atoms with E-state index in [2.05, 4.69) is 11.1 Å². The fourth-order valence-electron chi connectivity index (χ4n) is 3.88. The molecule has 148 valence electrons. The lowest BCUT2D eigenvalue weighted by Gasteiger charge is -2.37. The van der Waals surface area contributed by atoms with Gasteiger partial charge < -0.3 is 9.64 Å². The highest BCUT2D eigenvalue weighted by Gasteiger charge is 2.47. The zero-order chi connectivity index (χ0) is 20.4. The summed E-state index contributed by atoms with van der Waals surface area (Å²) < 4.78 is 5.73. The lowest BCUT2D eigenvalue weighted by atomic mass is 9.91. The molecular formula is C21H19ClN4O3. The van der Waals surface area contributed by atoms with Crippen molar-refractivity contribution in [2.24, 2.45) is 0 Å². The van der Waals surface area contributed by atoms with E-state index >= 15 is 0 Å². The third-order valence-electron chi connectivity index (χ3n) is 5.49. The first-order valence-electron chi connectivity index (χ1n) is 9.37. The molecule has 0 bridgehead atoms. The van der Waals surface area contributed by atoms with Crippen molar-refractivity contribution in [2.75, 3.05) is 19.6 Å². The fourth-order valence-corrected chi connectivity index (χ4v) is 4.08. The van der Waals surface area contributed by atoms with Crippen LogP contribution in [0.15, 0.2) is 42.6 Å². The standard InChI is InChI=1S/C21H19ClN4O3/c22-18-17(6-3-9-24-18)19(27)25-10-7-21(8-11-25)14-26(20(28)29-21)13-16-5-2-1-4-15(16)12-23/h1-6,9H,7-8,10-11,13-14H2. The molecule has 2 aromatic rings. The smallest absolute Gasteiger partial charge is 0.410 e. The van der Waals surface area contributed by atoms with Crippen LogP contribution in [0.1, 0.15) is 34.3 Å². The number of ether oxygens (including phenoxy) is 1. The number of aromatic nitrogens is 1. The first-order valence-corrected chi connectivity index (χ1v) is 9.75. The van der Waals surface area contributed by atoms with E-state index in [0.29, 0.717) is 50.1 Å². The summed E-state index contributed by atoms with van der Waals surface area (Å²) in [6.45, 7) is 1.72. The molecule has 0 N–H and O–H groups in total. The van der Waals surface area contributed by atoms with E-state index in [1.807, 2.05) is 12.1 Å². The van der Waals surface area contributed by atoms with Gasteiger partial charge in [-0.2, -0.15) is 5.26 Å². The SMILES string of the molecule is N#Cc1ccccc1CN1CC2(CCN(C(=O)c3cccnc3Cl)CC2)OC1=O. The number of pyridine rings is 1. The van der Waals surface area contributed by atoms with Crippen molar-refractivity contribution in [1.82, 2.24) is 14.8 Å². The minimum absolute atomic E-state index is 0.165. The Balaban J connectivity index is 1.41. The van der Waals surface area contributed by atoms with E-state index < -0.39 is 5.60 Å². The molecule has 2 aliphatic heterocycles. The maximum Gasteiger partial charge on any atom is 0.410 e. The number of halogens is 1. The van der Waals surface area contributed by atoms with Crippen LogP contribution in [0.5, 0.6) is 0 Å². The number of likely N-dealkylation sites (tertiary alicyclic amines) is 1. The molecule has 8 heteroatoms. The molecule has 2 aliphatic rings. The van der Waals surface area contributed by atoms with Crippen LogP contribution < -0.4 is 0 Å². The van der Waals surface area contributed by atoms with Gasteiger partial charge >= 0.3 is 6.09 Å². The van der Waals surface area contributed by atoms with Gasteiger partial charge in [-0.25, -0.2) is 9.78 Å². The summed E-state index contributed by atoms with van der Waals surface area (Å²) in [5, 5.41) is 9.45. The zero-order valence-corrected chi connectivity index (χ0v) is 16.4. The Morgan fingerprint density at radius 1 is 1.24 bits per heavy atom. The lowest BCUT2D eigenvalue weighted by molar-refractivity contribution is 0.00312.